The Balaban J connectivity index is 2.08. The van der Waals surface area contributed by atoms with E-state index in [-0.39, 0.29) is 0 Å². The van der Waals surface area contributed by atoms with Crippen molar-refractivity contribution < 1.29 is 9.84 Å². The van der Waals surface area contributed by atoms with Crippen molar-refractivity contribution in [1.29, 1.82) is 0 Å². The van der Waals surface area contributed by atoms with Crippen LogP contribution in [0.3, 0.4) is 0 Å². The molecule has 0 amide bonds. The van der Waals surface area contributed by atoms with Gasteiger partial charge in [-0.1, -0.05) is 24.3 Å². The molecule has 3 aromatic rings. The van der Waals surface area contributed by atoms with Crippen LogP contribution in [0.2, 0.25) is 0 Å². The lowest BCUT2D eigenvalue weighted by Crippen LogP contribution is -1.99. The van der Waals surface area contributed by atoms with E-state index in [2.05, 4.69) is 15.9 Å². The minimum Gasteiger partial charge on any atom is -0.497 e. The highest BCUT2D eigenvalue weighted by molar-refractivity contribution is 9.10. The molecule has 1 aromatic heterocycles. The van der Waals surface area contributed by atoms with Crippen LogP contribution < -0.4 is 4.74 Å². The Morgan fingerprint density at radius 3 is 2.80 bits per heavy atom. The molecule has 4 heteroatoms. The molecule has 0 bridgehead atoms. The van der Waals surface area contributed by atoms with Crippen molar-refractivity contribution in [2.75, 3.05) is 7.11 Å². The maximum absolute atomic E-state index is 10.6. The molecular weight excluding hydrogens is 336 g/mol. The second kappa shape index (κ2) is 5.56. The molecule has 0 aliphatic heterocycles. The van der Waals surface area contributed by atoms with Gasteiger partial charge in [0.1, 0.15) is 11.9 Å². The molecule has 2 aromatic carbocycles. The maximum Gasteiger partial charge on any atom is 0.119 e. The first-order valence-electron chi connectivity index (χ1n) is 6.18. The molecule has 0 aliphatic rings. The third-order valence-corrected chi connectivity index (χ3v) is 5.26. The summed E-state index contributed by atoms with van der Waals surface area (Å²) in [6.45, 7) is 0. The van der Waals surface area contributed by atoms with E-state index in [0.717, 1.165) is 31.4 Å². The van der Waals surface area contributed by atoms with Gasteiger partial charge in [0.2, 0.25) is 0 Å². The number of aliphatic hydroxyl groups excluding tert-OH is 1. The Morgan fingerprint density at radius 1 is 1.20 bits per heavy atom. The highest BCUT2D eigenvalue weighted by Gasteiger charge is 2.16. The van der Waals surface area contributed by atoms with Crippen molar-refractivity contribution in [3.8, 4) is 5.75 Å². The molecule has 102 valence electrons. The number of hydrogen-bond acceptors (Lipinski definition) is 3. The highest BCUT2D eigenvalue weighted by atomic mass is 79.9. The molecule has 0 radical (unpaired) electrons. The number of rotatable bonds is 3. The summed E-state index contributed by atoms with van der Waals surface area (Å²) in [6, 6.07) is 13.6. The van der Waals surface area contributed by atoms with Crippen LogP contribution in [0.5, 0.6) is 5.75 Å². The Morgan fingerprint density at radius 2 is 2.00 bits per heavy atom. The van der Waals surface area contributed by atoms with Gasteiger partial charge in [0.05, 0.1) is 7.11 Å². The van der Waals surface area contributed by atoms with E-state index in [4.69, 9.17) is 4.74 Å². The Bertz CT molecular complexity index is 751. The largest absolute Gasteiger partial charge is 0.497 e. The minimum atomic E-state index is -0.645. The van der Waals surface area contributed by atoms with Gasteiger partial charge >= 0.3 is 0 Å². The van der Waals surface area contributed by atoms with Gasteiger partial charge < -0.3 is 9.84 Å². The van der Waals surface area contributed by atoms with Crippen molar-refractivity contribution in [3.05, 3.63) is 63.4 Å². The summed E-state index contributed by atoms with van der Waals surface area (Å²) in [4.78, 5) is 0. The highest BCUT2D eigenvalue weighted by Crippen LogP contribution is 2.37. The van der Waals surface area contributed by atoms with Gasteiger partial charge in [-0.2, -0.15) is 0 Å². The first-order chi connectivity index (χ1) is 9.70. The standard InChI is InChI=1S/C16H13BrO2S/c1-19-11-5-2-4-10(8-11)15(18)13-9-20-16-12(13)6-3-7-14(16)17/h2-9,15,18H,1H3. The number of ether oxygens (including phenoxy) is 1. The smallest absolute Gasteiger partial charge is 0.119 e. The number of thiophene rings is 1. The second-order valence-corrected chi connectivity index (χ2v) is 6.22. The van der Waals surface area contributed by atoms with Crippen LogP contribution in [-0.4, -0.2) is 12.2 Å². The quantitative estimate of drug-likeness (QED) is 0.739. The van der Waals surface area contributed by atoms with Crippen molar-refractivity contribution in [2.45, 2.75) is 6.10 Å². The van der Waals surface area contributed by atoms with Gasteiger partial charge in [0.15, 0.2) is 0 Å². The summed E-state index contributed by atoms with van der Waals surface area (Å²) in [5.41, 5.74) is 1.77. The summed E-state index contributed by atoms with van der Waals surface area (Å²) in [5, 5.41) is 13.7. The number of halogens is 1. The molecule has 2 nitrogen and oxygen atoms in total. The molecule has 3 rings (SSSR count). The molecule has 20 heavy (non-hydrogen) atoms. The molecular formula is C16H13BrO2S. The monoisotopic (exact) mass is 348 g/mol. The van der Waals surface area contributed by atoms with Crippen molar-refractivity contribution >= 4 is 37.4 Å². The van der Waals surface area contributed by atoms with Gasteiger partial charge in [-0.15, -0.1) is 11.3 Å². The lowest BCUT2D eigenvalue weighted by Gasteiger charge is -2.11. The van der Waals surface area contributed by atoms with E-state index in [0.29, 0.717) is 0 Å². The lowest BCUT2D eigenvalue weighted by molar-refractivity contribution is 0.222. The molecule has 0 spiro atoms. The minimum absolute atomic E-state index is 0.645. The molecule has 1 heterocycles. The fraction of sp³-hybridized carbons (Fsp3) is 0.125. The van der Waals surface area contributed by atoms with Crippen molar-refractivity contribution in [1.82, 2.24) is 0 Å². The van der Waals surface area contributed by atoms with Crippen molar-refractivity contribution in [3.63, 3.8) is 0 Å². The number of aliphatic hydroxyl groups is 1. The summed E-state index contributed by atoms with van der Waals surface area (Å²) < 4.78 is 7.43. The van der Waals surface area contributed by atoms with E-state index in [1.54, 1.807) is 18.4 Å². The lowest BCUT2D eigenvalue weighted by atomic mass is 10.0. The topological polar surface area (TPSA) is 29.5 Å². The molecule has 0 fully saturated rings. The summed E-state index contributed by atoms with van der Waals surface area (Å²) in [5.74, 6) is 0.752. The molecule has 0 aliphatic carbocycles. The van der Waals surface area contributed by atoms with Crippen LogP contribution in [0.4, 0.5) is 0 Å². The molecule has 1 atom stereocenters. The molecule has 1 N–H and O–H groups in total. The summed E-state index contributed by atoms with van der Waals surface area (Å²) in [6.07, 6.45) is -0.645. The number of hydrogen-bond donors (Lipinski definition) is 1. The van der Waals surface area contributed by atoms with Gasteiger partial charge in [0.25, 0.3) is 0 Å². The molecule has 0 saturated carbocycles. The number of benzene rings is 2. The predicted molar refractivity (Wildman–Crippen MR) is 86.6 cm³/mol. The predicted octanol–water partition coefficient (Wildman–Crippen LogP) is 4.75. The van der Waals surface area contributed by atoms with E-state index in [9.17, 15) is 5.11 Å². The van der Waals surface area contributed by atoms with Gasteiger partial charge in [-0.3, -0.25) is 0 Å². The van der Waals surface area contributed by atoms with E-state index in [1.165, 1.54) is 0 Å². The zero-order chi connectivity index (χ0) is 14.1. The summed E-state index contributed by atoms with van der Waals surface area (Å²) in [7, 11) is 1.63. The average molecular weight is 349 g/mol. The van der Waals surface area contributed by atoms with E-state index < -0.39 is 6.10 Å². The number of methoxy groups -OCH3 is 1. The zero-order valence-electron chi connectivity index (χ0n) is 10.8. The van der Waals surface area contributed by atoms with E-state index in [1.807, 2.05) is 47.8 Å². The second-order valence-electron chi connectivity index (χ2n) is 4.49. The fourth-order valence-corrected chi connectivity index (χ4v) is 3.89. The fourth-order valence-electron chi connectivity index (χ4n) is 2.24. The Labute approximate surface area is 129 Å². The van der Waals surface area contributed by atoms with Gasteiger partial charge in [0, 0.05) is 14.7 Å². The first kappa shape index (κ1) is 13.6. The van der Waals surface area contributed by atoms with Gasteiger partial charge in [-0.25, -0.2) is 0 Å². The Hall–Kier alpha value is -1.36. The first-order valence-corrected chi connectivity index (χ1v) is 7.85. The van der Waals surface area contributed by atoms with Crippen LogP contribution in [0, 0.1) is 0 Å². The van der Waals surface area contributed by atoms with Crippen LogP contribution >= 0.6 is 27.3 Å². The summed E-state index contributed by atoms with van der Waals surface area (Å²) >= 11 is 5.18. The molecule has 0 saturated heterocycles. The van der Waals surface area contributed by atoms with Crippen LogP contribution in [0.1, 0.15) is 17.2 Å². The van der Waals surface area contributed by atoms with Crippen LogP contribution in [0.15, 0.2) is 52.3 Å². The van der Waals surface area contributed by atoms with Crippen molar-refractivity contribution in [2.24, 2.45) is 0 Å². The Kier molecular flexibility index (Phi) is 3.78. The number of fused-ring (bicyclic) bond motifs is 1. The van der Waals surface area contributed by atoms with Crippen LogP contribution in [0.25, 0.3) is 10.1 Å². The third kappa shape index (κ3) is 2.35. The third-order valence-electron chi connectivity index (χ3n) is 3.29. The van der Waals surface area contributed by atoms with Gasteiger partial charge in [-0.05, 0) is 50.5 Å². The van der Waals surface area contributed by atoms with Crippen LogP contribution in [-0.2, 0) is 0 Å². The maximum atomic E-state index is 10.6. The normalized spacial score (nSPS) is 12.6. The van der Waals surface area contributed by atoms with E-state index >= 15 is 0 Å². The zero-order valence-corrected chi connectivity index (χ0v) is 13.2. The average Bonchev–Trinajstić information content (AvgIpc) is 2.92. The molecule has 1 unspecified atom stereocenters. The SMILES string of the molecule is COc1cccc(C(O)c2csc3c(Br)cccc23)c1.